The van der Waals surface area contributed by atoms with Crippen molar-refractivity contribution in [1.82, 2.24) is 54.4 Å². The fourth-order valence-electron chi connectivity index (χ4n) is 14.8. The molecule has 0 bridgehead atoms. The van der Waals surface area contributed by atoms with Gasteiger partial charge in [-0.3, -0.25) is 29.1 Å². The number of nitrogens with one attached hydrogen (secondary N) is 1. The van der Waals surface area contributed by atoms with E-state index in [1.54, 1.807) is 9.47 Å². The van der Waals surface area contributed by atoms with Crippen molar-refractivity contribution in [2.45, 2.75) is 150 Å². The van der Waals surface area contributed by atoms with Gasteiger partial charge in [-0.15, -0.1) is 20.4 Å². The number of aromatic nitrogens is 6. The molecule has 5 atom stereocenters. The van der Waals surface area contributed by atoms with E-state index in [-0.39, 0.29) is 56.2 Å². The second-order valence-corrected chi connectivity index (χ2v) is 28.0. The summed E-state index contributed by atoms with van der Waals surface area (Å²) in [4.78, 5) is 81.8. The van der Waals surface area contributed by atoms with Gasteiger partial charge in [0.05, 0.1) is 17.3 Å². The average molecular weight is 1410 g/mol. The van der Waals surface area contributed by atoms with Gasteiger partial charge in [0, 0.05) is 59.2 Å². The van der Waals surface area contributed by atoms with Crippen LogP contribution in [0, 0.1) is 6.92 Å². The molecule has 3 aliphatic rings. The van der Waals surface area contributed by atoms with Crippen molar-refractivity contribution in [2.24, 2.45) is 0 Å². The highest BCUT2D eigenvalue weighted by molar-refractivity contribution is 5.97. The highest BCUT2D eigenvalue weighted by Gasteiger charge is 2.42. The Hall–Kier alpha value is -10.8. The SMILES string of the molecule is C.CCN(CC)[C@@H](C(=O)N1CCC[C@H]1C(=O)Cc1ccc2[nH]c(-c3ccc(-c4nnc([C@@H]5CCCN5C(=O)[C@@H](c5ccccc5)N(CC)CC)o4)cc3)cc2c1)c1ccccc1.Cc1ccc2c(c1)cc(-c1ccc(-c3nnc([C@H]4CCCN4C(=O)OCc4ccccc4)o3)cc1)n2C(=O)OC(C)(C)C. The van der Waals surface area contributed by atoms with Crippen molar-refractivity contribution in [2.75, 3.05) is 45.8 Å². The Morgan fingerprint density at radius 2 is 1.05 bits per heavy atom. The van der Waals surface area contributed by atoms with Crippen LogP contribution < -0.4 is 0 Å². The summed E-state index contributed by atoms with van der Waals surface area (Å²) in [5.41, 5.74) is 11.1. The first kappa shape index (κ1) is 73.9. The molecule has 0 unspecified atom stereocenters. The van der Waals surface area contributed by atoms with Crippen LogP contribution in [0.5, 0.6) is 0 Å². The molecule has 7 heterocycles. The predicted octanol–water partition coefficient (Wildman–Crippen LogP) is 17.4. The Morgan fingerprint density at radius 1 is 0.533 bits per heavy atom. The number of aryl methyl sites for hydroxylation is 1. The van der Waals surface area contributed by atoms with Crippen LogP contribution in [0.2, 0.25) is 0 Å². The second-order valence-electron chi connectivity index (χ2n) is 28.0. The highest BCUT2D eigenvalue weighted by Crippen LogP contribution is 2.40. The van der Waals surface area contributed by atoms with Gasteiger partial charge in [0.1, 0.15) is 36.4 Å². The zero-order valence-electron chi connectivity index (χ0n) is 60.5. The maximum atomic E-state index is 14.2. The summed E-state index contributed by atoms with van der Waals surface area (Å²) in [6.07, 6.45) is 4.13. The lowest BCUT2D eigenvalue weighted by atomic mass is 9.99. The summed E-state index contributed by atoms with van der Waals surface area (Å²) in [5, 5.41) is 19.4. The average Bonchev–Trinajstić information content (AvgIpc) is 1.68. The minimum atomic E-state index is -0.636. The molecule has 0 aliphatic carbocycles. The van der Waals surface area contributed by atoms with Crippen LogP contribution in [-0.4, -0.2) is 142 Å². The normalized spacial score (nSPS) is 16.5. The fraction of sp³-hybridized carbons (Fsp3) is 0.353. The van der Waals surface area contributed by atoms with Gasteiger partial charge in [-0.2, -0.15) is 0 Å². The second kappa shape index (κ2) is 32.9. The van der Waals surface area contributed by atoms with E-state index in [0.717, 1.165) is 142 Å². The number of hydrogen-bond acceptors (Lipinski definition) is 15. The number of nitrogens with zero attached hydrogens (tertiary/aromatic N) is 10. The number of carbonyl (C=O) groups excluding carboxylic acids is 5. The fourth-order valence-corrected chi connectivity index (χ4v) is 14.8. The Labute approximate surface area is 614 Å². The molecular formula is C85H95N11O9. The summed E-state index contributed by atoms with van der Waals surface area (Å²) in [7, 11) is 0. The van der Waals surface area contributed by atoms with Gasteiger partial charge in [-0.1, -0.05) is 168 Å². The molecule has 4 aromatic heterocycles. The zero-order valence-corrected chi connectivity index (χ0v) is 60.5. The van der Waals surface area contributed by atoms with Crippen molar-refractivity contribution >= 4 is 51.6 Å². The van der Waals surface area contributed by atoms with Gasteiger partial charge in [-0.25, -0.2) is 14.2 Å². The van der Waals surface area contributed by atoms with Crippen molar-refractivity contribution < 1.29 is 42.3 Å². The lowest BCUT2D eigenvalue weighted by molar-refractivity contribution is -0.142. The van der Waals surface area contributed by atoms with Crippen LogP contribution >= 0.6 is 0 Å². The van der Waals surface area contributed by atoms with E-state index in [0.29, 0.717) is 49.6 Å². The van der Waals surface area contributed by atoms with Crippen LogP contribution in [0.3, 0.4) is 0 Å². The van der Waals surface area contributed by atoms with E-state index in [4.69, 9.17) is 18.3 Å². The molecular weight excluding hydrogens is 1320 g/mol. The number of Topliss-reactive ketones (excluding diaryl/α,β-unsaturated/α-hetero) is 1. The summed E-state index contributed by atoms with van der Waals surface area (Å²) in [6, 6.07) is 59.5. The molecule has 544 valence electrons. The molecule has 0 saturated carbocycles. The smallest absolute Gasteiger partial charge is 0.419 e. The molecule has 3 saturated heterocycles. The molecule has 11 aromatic rings. The quantitative estimate of drug-likeness (QED) is 0.0707. The number of amides is 3. The van der Waals surface area contributed by atoms with Crippen LogP contribution in [0.4, 0.5) is 9.59 Å². The number of likely N-dealkylation sites (tertiary alicyclic amines) is 3. The highest BCUT2D eigenvalue weighted by atomic mass is 16.6. The summed E-state index contributed by atoms with van der Waals surface area (Å²) >= 11 is 0. The minimum absolute atomic E-state index is 0. The molecule has 3 amide bonds. The Morgan fingerprint density at radius 3 is 1.62 bits per heavy atom. The van der Waals surface area contributed by atoms with E-state index < -0.39 is 29.9 Å². The molecule has 20 nitrogen and oxygen atoms in total. The van der Waals surface area contributed by atoms with Crippen LogP contribution in [0.1, 0.15) is 158 Å². The lowest BCUT2D eigenvalue weighted by Crippen LogP contribution is -2.47. The van der Waals surface area contributed by atoms with Gasteiger partial charge < -0.3 is 33.1 Å². The summed E-state index contributed by atoms with van der Waals surface area (Å²) < 4.78 is 25.3. The Kier molecular flexibility index (Phi) is 23.1. The third-order valence-electron chi connectivity index (χ3n) is 20.1. The van der Waals surface area contributed by atoms with Gasteiger partial charge in [0.25, 0.3) is 0 Å². The number of rotatable bonds is 21. The molecule has 3 fully saturated rings. The number of ketones is 1. The Bertz CT molecular complexity index is 4780. The number of hydrogen-bond donors (Lipinski definition) is 1. The Balaban J connectivity index is 0.000000207. The predicted molar refractivity (Wildman–Crippen MR) is 407 cm³/mol. The van der Waals surface area contributed by atoms with Gasteiger partial charge in [-0.05, 0) is 186 Å². The molecule has 3 aliphatic heterocycles. The van der Waals surface area contributed by atoms with E-state index in [1.807, 2.05) is 207 Å². The van der Waals surface area contributed by atoms with Gasteiger partial charge in [0.2, 0.25) is 35.4 Å². The lowest BCUT2D eigenvalue weighted by Gasteiger charge is -2.34. The van der Waals surface area contributed by atoms with Crippen LogP contribution in [0.15, 0.2) is 197 Å². The molecule has 0 spiro atoms. The first-order valence-electron chi connectivity index (χ1n) is 36.5. The molecule has 14 rings (SSSR count). The van der Waals surface area contributed by atoms with E-state index in [2.05, 4.69) is 81.1 Å². The van der Waals surface area contributed by atoms with Crippen molar-refractivity contribution in [3.63, 3.8) is 0 Å². The van der Waals surface area contributed by atoms with Crippen LogP contribution in [-0.2, 0) is 36.9 Å². The summed E-state index contributed by atoms with van der Waals surface area (Å²) in [5.74, 6) is 1.77. The topological polar surface area (TPSA) is 219 Å². The van der Waals surface area contributed by atoms with E-state index in [1.165, 1.54) is 0 Å². The van der Waals surface area contributed by atoms with E-state index in [9.17, 15) is 24.0 Å². The largest absolute Gasteiger partial charge is 0.445 e. The standard InChI is InChI=1S/C50H57N7O4.C34H34N4O5.CH4/c1-5-54(6-2)45(36-17-11-9-12-18-36)49(59)56-29-15-21-42(56)44(58)32-34-23-28-40-39(31-34)33-41(51-40)35-24-26-38(27-25-35)47-52-53-48(61-47)43-22-16-30-57(43)50(60)46(55(7-3)8-4)37-19-13-10-14-20-37;1-22-12-17-27-26(19-22)20-29(38(27)33(40)43-34(2,3)4)24-13-15-25(16-14-24)30-35-36-31(42-30)28-11-8-18-37(28)32(39)41-21-23-9-6-5-7-10-23;/h9-14,17-20,23-28,31,33,42-43,45-46,51H,5-8,15-16,21-22,29-30,32H2,1-4H3;5-7,9-10,12-17,19-20,28H,8,11,18,21H2,1-4H3;1H4/t42-,43-,45+,46+;28-;/m01./s1. The third kappa shape index (κ3) is 16.4. The van der Waals surface area contributed by atoms with Crippen LogP contribution in [0.25, 0.3) is 67.2 Å². The number of likely N-dealkylation sites (N-methyl/N-ethyl adjacent to an activating group) is 2. The van der Waals surface area contributed by atoms with Gasteiger partial charge in [0.15, 0.2) is 5.78 Å². The monoisotopic (exact) mass is 1410 g/mol. The van der Waals surface area contributed by atoms with Crippen molar-refractivity contribution in [3.05, 3.63) is 228 Å². The number of carbonyl (C=O) groups is 5. The molecule has 1 N–H and O–H groups in total. The number of fused-ring (bicyclic) bond motifs is 2. The van der Waals surface area contributed by atoms with Crippen molar-refractivity contribution in [1.29, 1.82) is 0 Å². The molecule has 105 heavy (non-hydrogen) atoms. The molecule has 20 heteroatoms. The first-order valence-corrected chi connectivity index (χ1v) is 36.5. The minimum Gasteiger partial charge on any atom is -0.445 e. The summed E-state index contributed by atoms with van der Waals surface area (Å²) in [6.45, 7) is 21.0. The number of ether oxygens (including phenoxy) is 2. The molecule has 7 aromatic carbocycles. The number of H-pyrrole nitrogens is 1. The van der Waals surface area contributed by atoms with Gasteiger partial charge >= 0.3 is 12.2 Å². The van der Waals surface area contributed by atoms with Crippen molar-refractivity contribution in [3.8, 4) is 45.4 Å². The molecule has 0 radical (unpaired) electrons. The zero-order chi connectivity index (χ0) is 72.6. The maximum absolute atomic E-state index is 14.2. The third-order valence-corrected chi connectivity index (χ3v) is 20.1. The first-order chi connectivity index (χ1) is 50.5. The number of aromatic amines is 1. The maximum Gasteiger partial charge on any atom is 0.419 e. The van der Waals surface area contributed by atoms with E-state index >= 15 is 0 Å². The number of benzene rings is 7.